The zero-order chi connectivity index (χ0) is 18.9. The van der Waals surface area contributed by atoms with Crippen molar-refractivity contribution in [3.05, 3.63) is 42.5 Å². The number of likely N-dealkylation sites (tertiary alicyclic amines) is 1. The van der Waals surface area contributed by atoms with E-state index in [0.29, 0.717) is 37.8 Å². The molecule has 0 saturated carbocycles. The van der Waals surface area contributed by atoms with E-state index in [-0.39, 0.29) is 23.8 Å². The van der Waals surface area contributed by atoms with Crippen molar-refractivity contribution in [3.63, 3.8) is 0 Å². The van der Waals surface area contributed by atoms with Gasteiger partial charge in [0.1, 0.15) is 0 Å². The summed E-state index contributed by atoms with van der Waals surface area (Å²) in [4.78, 5) is 29.4. The van der Waals surface area contributed by atoms with Crippen molar-refractivity contribution in [1.82, 2.24) is 19.9 Å². The van der Waals surface area contributed by atoms with E-state index in [1.807, 2.05) is 17.0 Å². The third-order valence-corrected chi connectivity index (χ3v) is 5.64. The van der Waals surface area contributed by atoms with Crippen LogP contribution in [0.25, 0.3) is 0 Å². The van der Waals surface area contributed by atoms with Crippen LogP contribution >= 0.6 is 0 Å². The van der Waals surface area contributed by atoms with Gasteiger partial charge in [0, 0.05) is 49.9 Å². The van der Waals surface area contributed by atoms with E-state index in [1.165, 1.54) is 0 Å². The van der Waals surface area contributed by atoms with Gasteiger partial charge in [-0.1, -0.05) is 6.07 Å². The minimum absolute atomic E-state index is 0.0427. The average molecular weight is 369 g/mol. The Kier molecular flexibility index (Phi) is 4.65. The second-order valence-corrected chi connectivity index (χ2v) is 7.33. The quantitative estimate of drug-likeness (QED) is 0.815. The van der Waals surface area contributed by atoms with Crippen LogP contribution in [0.15, 0.2) is 36.9 Å². The van der Waals surface area contributed by atoms with E-state index in [0.717, 1.165) is 12.1 Å². The number of methoxy groups -OCH3 is 1. The van der Waals surface area contributed by atoms with Crippen molar-refractivity contribution in [2.24, 2.45) is 11.3 Å². The largest absolute Gasteiger partial charge is 0.494 e. The third kappa shape index (κ3) is 3.32. The Hall–Kier alpha value is -2.74. The number of nitrogens with zero attached hydrogens (tertiary/aromatic N) is 5. The van der Waals surface area contributed by atoms with Gasteiger partial charge in [-0.2, -0.15) is 0 Å². The second-order valence-electron chi connectivity index (χ2n) is 7.33. The molecule has 2 aliphatic rings. The lowest BCUT2D eigenvalue weighted by atomic mass is 9.82. The van der Waals surface area contributed by atoms with Crippen molar-refractivity contribution in [2.45, 2.75) is 6.42 Å². The maximum Gasteiger partial charge on any atom is 0.227 e. The zero-order valence-corrected chi connectivity index (χ0v) is 15.3. The monoisotopic (exact) mass is 369 g/mol. The molecular formula is C19H23N5O3. The number of fused-ring (bicyclic) bond motifs is 1. The molecule has 8 nitrogen and oxygen atoms in total. The van der Waals surface area contributed by atoms with Crippen LogP contribution in [0.2, 0.25) is 0 Å². The highest BCUT2D eigenvalue weighted by atomic mass is 16.5. The Morgan fingerprint density at radius 1 is 1.30 bits per heavy atom. The lowest BCUT2D eigenvalue weighted by Gasteiger charge is -2.27. The normalized spacial score (nSPS) is 24.1. The molecule has 2 aliphatic heterocycles. The van der Waals surface area contributed by atoms with Crippen LogP contribution in [-0.4, -0.2) is 70.8 Å². The molecule has 27 heavy (non-hydrogen) atoms. The summed E-state index contributed by atoms with van der Waals surface area (Å²) in [7, 11) is 1.58. The molecule has 0 bridgehead atoms. The number of aromatic nitrogens is 3. The minimum Gasteiger partial charge on any atom is -0.494 e. The number of hydrogen-bond donors (Lipinski definition) is 1. The molecule has 142 valence electrons. The van der Waals surface area contributed by atoms with Gasteiger partial charge in [-0.3, -0.25) is 9.78 Å². The predicted octanol–water partition coefficient (Wildman–Crippen LogP) is 0.380. The first-order chi connectivity index (χ1) is 13.1. The fourth-order valence-electron chi connectivity index (χ4n) is 4.11. The summed E-state index contributed by atoms with van der Waals surface area (Å²) in [6, 6.07) is 3.75. The number of pyridine rings is 1. The molecule has 1 amide bonds. The first kappa shape index (κ1) is 17.7. The number of aliphatic hydroxyl groups excluding tert-OH is 1. The number of ether oxygens (including phenoxy) is 1. The SMILES string of the molecule is COc1cnc(N2C[C@H]3CN(C(=O)Cc4cccnc4)C[C@@]3(CO)C2)nc1. The number of hydrogen-bond acceptors (Lipinski definition) is 7. The molecule has 0 aliphatic carbocycles. The standard InChI is InChI=1S/C19H23N5O3/c1-27-16-7-21-18(22-8-16)24-10-15-9-23(11-19(15,12-24)13-25)17(26)5-14-3-2-4-20-6-14/h2-4,6-8,15,25H,5,9-13H2,1H3/t15-,19+/m1/s1. The van der Waals surface area contributed by atoms with Crippen molar-refractivity contribution in [2.75, 3.05) is 44.8 Å². The minimum atomic E-state index is -0.326. The van der Waals surface area contributed by atoms with Crippen LogP contribution in [0.3, 0.4) is 0 Å². The molecule has 4 heterocycles. The van der Waals surface area contributed by atoms with E-state index in [9.17, 15) is 9.90 Å². The summed E-state index contributed by atoms with van der Waals surface area (Å²) >= 11 is 0. The van der Waals surface area contributed by atoms with Crippen molar-refractivity contribution in [3.8, 4) is 5.75 Å². The van der Waals surface area contributed by atoms with E-state index in [4.69, 9.17) is 4.74 Å². The molecule has 0 aromatic carbocycles. The molecule has 0 radical (unpaired) electrons. The maximum absolute atomic E-state index is 12.7. The molecule has 2 fully saturated rings. The topological polar surface area (TPSA) is 91.7 Å². The average Bonchev–Trinajstić information content (AvgIpc) is 3.24. The van der Waals surface area contributed by atoms with Crippen LogP contribution in [-0.2, 0) is 11.2 Å². The third-order valence-electron chi connectivity index (χ3n) is 5.64. The van der Waals surface area contributed by atoms with E-state index in [2.05, 4.69) is 19.9 Å². The second kappa shape index (κ2) is 7.11. The lowest BCUT2D eigenvalue weighted by Crippen LogP contribution is -2.39. The molecule has 2 atom stereocenters. The van der Waals surface area contributed by atoms with E-state index >= 15 is 0 Å². The molecule has 2 aromatic rings. The number of aliphatic hydroxyl groups is 1. The lowest BCUT2D eigenvalue weighted by molar-refractivity contribution is -0.130. The molecule has 4 rings (SSSR count). The Balaban J connectivity index is 1.44. The van der Waals surface area contributed by atoms with Gasteiger partial charge >= 0.3 is 0 Å². The number of anilines is 1. The zero-order valence-electron chi connectivity index (χ0n) is 15.3. The molecule has 8 heteroatoms. The van der Waals surface area contributed by atoms with Gasteiger partial charge in [0.25, 0.3) is 0 Å². The first-order valence-corrected chi connectivity index (χ1v) is 9.02. The highest BCUT2D eigenvalue weighted by molar-refractivity contribution is 5.79. The van der Waals surface area contributed by atoms with Crippen molar-refractivity contribution >= 4 is 11.9 Å². The number of amides is 1. The summed E-state index contributed by atoms with van der Waals surface area (Å²) < 4.78 is 5.10. The predicted molar refractivity (Wildman–Crippen MR) is 98.3 cm³/mol. The fraction of sp³-hybridized carbons (Fsp3) is 0.474. The van der Waals surface area contributed by atoms with E-state index in [1.54, 1.807) is 31.9 Å². The summed E-state index contributed by atoms with van der Waals surface area (Å²) in [5, 5.41) is 10.1. The van der Waals surface area contributed by atoms with Gasteiger partial charge in [0.05, 0.1) is 32.5 Å². The molecule has 2 saturated heterocycles. The molecule has 0 unspecified atom stereocenters. The smallest absolute Gasteiger partial charge is 0.227 e. The van der Waals surface area contributed by atoms with Crippen LogP contribution in [0.1, 0.15) is 5.56 Å². The van der Waals surface area contributed by atoms with Gasteiger partial charge < -0.3 is 19.6 Å². The Labute approximate surface area is 157 Å². The molecule has 1 N–H and O–H groups in total. The number of rotatable bonds is 5. The summed E-state index contributed by atoms with van der Waals surface area (Å²) in [6.45, 7) is 2.61. The highest BCUT2D eigenvalue weighted by Crippen LogP contribution is 2.43. The number of carbonyl (C=O) groups is 1. The molecule has 0 spiro atoms. The van der Waals surface area contributed by atoms with Crippen LogP contribution in [0.5, 0.6) is 5.75 Å². The van der Waals surface area contributed by atoms with E-state index < -0.39 is 0 Å². The van der Waals surface area contributed by atoms with Crippen LogP contribution in [0, 0.1) is 11.3 Å². The Bertz CT molecular complexity index is 801. The Morgan fingerprint density at radius 3 is 2.74 bits per heavy atom. The van der Waals surface area contributed by atoms with Crippen molar-refractivity contribution in [1.29, 1.82) is 0 Å². The fourth-order valence-corrected chi connectivity index (χ4v) is 4.11. The van der Waals surface area contributed by atoms with Gasteiger partial charge in [0.15, 0.2) is 5.75 Å². The van der Waals surface area contributed by atoms with Gasteiger partial charge in [-0.15, -0.1) is 0 Å². The molecular weight excluding hydrogens is 346 g/mol. The van der Waals surface area contributed by atoms with Gasteiger partial charge in [0.2, 0.25) is 11.9 Å². The summed E-state index contributed by atoms with van der Waals surface area (Å²) in [5.74, 6) is 1.52. The summed E-state index contributed by atoms with van der Waals surface area (Å²) in [6.07, 6.45) is 7.05. The molecule has 2 aromatic heterocycles. The first-order valence-electron chi connectivity index (χ1n) is 9.02. The highest BCUT2D eigenvalue weighted by Gasteiger charge is 2.53. The summed E-state index contributed by atoms with van der Waals surface area (Å²) in [5.41, 5.74) is 0.583. The van der Waals surface area contributed by atoms with Gasteiger partial charge in [-0.25, -0.2) is 9.97 Å². The van der Waals surface area contributed by atoms with Gasteiger partial charge in [-0.05, 0) is 11.6 Å². The van der Waals surface area contributed by atoms with Crippen LogP contribution < -0.4 is 9.64 Å². The number of carbonyl (C=O) groups excluding carboxylic acids is 1. The Morgan fingerprint density at radius 2 is 2.11 bits per heavy atom. The van der Waals surface area contributed by atoms with Crippen LogP contribution in [0.4, 0.5) is 5.95 Å². The maximum atomic E-state index is 12.7. The van der Waals surface area contributed by atoms with Crippen molar-refractivity contribution < 1.29 is 14.6 Å².